The Kier molecular flexibility index (Phi) is 4.19. The molecule has 1 aliphatic carbocycles. The number of hydrogen-bond donors (Lipinski definition) is 1. The molecule has 0 spiro atoms. The summed E-state index contributed by atoms with van der Waals surface area (Å²) in [6, 6.07) is 6.04. The summed E-state index contributed by atoms with van der Waals surface area (Å²) in [6.45, 7) is 3.53. The molecule has 0 unspecified atom stereocenters. The molecule has 0 saturated heterocycles. The predicted octanol–water partition coefficient (Wildman–Crippen LogP) is 4.65. The van der Waals surface area contributed by atoms with Crippen LogP contribution in [0.1, 0.15) is 24.3 Å². The smallest absolute Gasteiger partial charge is 0.224 e. The van der Waals surface area contributed by atoms with Crippen molar-refractivity contribution in [3.63, 3.8) is 0 Å². The molecule has 7 heteroatoms. The van der Waals surface area contributed by atoms with Gasteiger partial charge in [-0.15, -0.1) is 0 Å². The molecule has 0 radical (unpaired) electrons. The quantitative estimate of drug-likeness (QED) is 0.640. The lowest BCUT2D eigenvalue weighted by Crippen LogP contribution is -2.11. The number of nitrogens with zero attached hydrogens (tertiary/aromatic N) is 2. The van der Waals surface area contributed by atoms with E-state index in [2.05, 4.69) is 21.4 Å². The van der Waals surface area contributed by atoms with E-state index in [0.29, 0.717) is 16.8 Å². The van der Waals surface area contributed by atoms with Crippen molar-refractivity contribution < 1.29 is 4.57 Å². The van der Waals surface area contributed by atoms with Crippen LogP contribution in [0, 0.1) is 0 Å². The van der Waals surface area contributed by atoms with E-state index in [1.165, 1.54) is 24.6 Å². The topological polar surface area (TPSA) is 54.9 Å². The van der Waals surface area contributed by atoms with Crippen molar-refractivity contribution in [2.75, 3.05) is 18.6 Å². The van der Waals surface area contributed by atoms with Crippen molar-refractivity contribution in [2.24, 2.45) is 0 Å². The van der Waals surface area contributed by atoms with Gasteiger partial charge in [0, 0.05) is 5.30 Å². The molecule has 1 heterocycles. The van der Waals surface area contributed by atoms with Crippen LogP contribution in [0.4, 0.5) is 11.5 Å². The summed E-state index contributed by atoms with van der Waals surface area (Å²) in [5.41, 5.74) is 1.99. The molecule has 0 aliphatic heterocycles. The molecule has 1 aliphatic rings. The fourth-order valence-corrected chi connectivity index (χ4v) is 3.77. The van der Waals surface area contributed by atoms with Gasteiger partial charge in [-0.25, -0.2) is 4.98 Å². The summed E-state index contributed by atoms with van der Waals surface area (Å²) in [6.07, 6.45) is 3.85. The van der Waals surface area contributed by atoms with Crippen LogP contribution in [-0.4, -0.2) is 23.3 Å². The molecule has 3 rings (SSSR count). The van der Waals surface area contributed by atoms with Gasteiger partial charge in [-0.2, -0.15) is 4.98 Å². The van der Waals surface area contributed by atoms with Crippen LogP contribution >= 0.6 is 30.3 Å². The molecule has 2 aromatic rings. The zero-order chi connectivity index (χ0) is 15.9. The van der Waals surface area contributed by atoms with Gasteiger partial charge >= 0.3 is 0 Å². The lowest BCUT2D eigenvalue weighted by molar-refractivity contribution is 0.588. The second kappa shape index (κ2) is 5.84. The normalized spacial score (nSPS) is 14.9. The Hall–Kier alpha value is -1.09. The highest BCUT2D eigenvalue weighted by atomic mass is 35.5. The van der Waals surface area contributed by atoms with E-state index in [0.717, 1.165) is 11.0 Å². The summed E-state index contributed by atoms with van der Waals surface area (Å²) in [5, 5.41) is 4.42. The van der Waals surface area contributed by atoms with Crippen LogP contribution in [0.25, 0.3) is 0 Å². The fraction of sp³-hybridized carbons (Fsp3) is 0.333. The molecule has 0 atom stereocenters. The Morgan fingerprint density at radius 2 is 2.00 bits per heavy atom. The lowest BCUT2D eigenvalue weighted by Gasteiger charge is -2.17. The van der Waals surface area contributed by atoms with Gasteiger partial charge in [0.25, 0.3) is 0 Å². The van der Waals surface area contributed by atoms with Crippen molar-refractivity contribution in [3.8, 4) is 0 Å². The highest BCUT2D eigenvalue weighted by Crippen LogP contribution is 2.44. The van der Waals surface area contributed by atoms with Crippen LogP contribution in [0.15, 0.2) is 24.4 Å². The Balaban J connectivity index is 2.02. The number of rotatable bonds is 4. The van der Waals surface area contributed by atoms with E-state index >= 15 is 0 Å². The monoisotopic (exact) mass is 355 g/mol. The Morgan fingerprint density at radius 1 is 1.27 bits per heavy atom. The lowest BCUT2D eigenvalue weighted by atomic mass is 10.1. The van der Waals surface area contributed by atoms with Gasteiger partial charge in [-0.1, -0.05) is 17.7 Å². The Bertz CT molecular complexity index is 771. The molecule has 1 saturated carbocycles. The Morgan fingerprint density at radius 3 is 2.64 bits per heavy atom. The van der Waals surface area contributed by atoms with E-state index in [4.69, 9.17) is 23.2 Å². The van der Waals surface area contributed by atoms with E-state index < -0.39 is 7.14 Å². The highest BCUT2D eigenvalue weighted by molar-refractivity contribution is 7.70. The second-order valence-corrected chi connectivity index (χ2v) is 9.79. The summed E-state index contributed by atoms with van der Waals surface area (Å²) in [4.78, 5) is 7.91. The third kappa shape index (κ3) is 3.45. The zero-order valence-electron chi connectivity index (χ0n) is 12.3. The minimum absolute atomic E-state index is 0.110. The maximum atomic E-state index is 12.6. The molecule has 1 N–H and O–H groups in total. The zero-order valence-corrected chi connectivity index (χ0v) is 14.7. The van der Waals surface area contributed by atoms with Gasteiger partial charge in [-0.3, -0.25) is 0 Å². The van der Waals surface area contributed by atoms with E-state index in [1.807, 2.05) is 12.1 Å². The second-order valence-electron chi connectivity index (χ2n) is 5.86. The van der Waals surface area contributed by atoms with Crippen molar-refractivity contribution in [3.05, 3.63) is 40.3 Å². The molecule has 22 heavy (non-hydrogen) atoms. The van der Waals surface area contributed by atoms with E-state index in [-0.39, 0.29) is 5.28 Å². The van der Waals surface area contributed by atoms with Gasteiger partial charge in [0.1, 0.15) is 12.2 Å². The summed E-state index contributed by atoms with van der Waals surface area (Å²) in [7, 11) is -2.44. The number of halogens is 2. The van der Waals surface area contributed by atoms with E-state index in [9.17, 15) is 4.57 Å². The van der Waals surface area contributed by atoms with Crippen LogP contribution < -0.4 is 10.6 Å². The SMILES string of the molecule is CP(C)(=O)c1cc(C2CC2)ccc1Nc1nc(Cl)ncc1Cl. The maximum absolute atomic E-state index is 12.6. The molecular weight excluding hydrogens is 340 g/mol. The molecule has 116 valence electrons. The molecule has 0 amide bonds. The first kappa shape index (κ1) is 15.8. The third-order valence-electron chi connectivity index (χ3n) is 3.62. The van der Waals surface area contributed by atoms with Gasteiger partial charge < -0.3 is 9.88 Å². The minimum Gasteiger partial charge on any atom is -0.338 e. The van der Waals surface area contributed by atoms with Gasteiger partial charge in [0.2, 0.25) is 5.28 Å². The van der Waals surface area contributed by atoms with Crippen LogP contribution in [0.3, 0.4) is 0 Å². The molecule has 1 fully saturated rings. The number of nitrogens with one attached hydrogen (secondary N) is 1. The number of anilines is 2. The first-order valence-corrected chi connectivity index (χ1v) is 10.3. The van der Waals surface area contributed by atoms with Gasteiger partial charge in [0.05, 0.1) is 11.9 Å². The molecular formula is C15H16Cl2N3OP. The molecule has 1 aromatic carbocycles. The fourth-order valence-electron chi connectivity index (χ4n) is 2.33. The summed E-state index contributed by atoms with van der Waals surface area (Å²) >= 11 is 11.9. The van der Waals surface area contributed by atoms with Crippen LogP contribution in [0.5, 0.6) is 0 Å². The standard InChI is InChI=1S/C15H16Cl2N3OP/c1-22(2,21)13-7-10(9-3-4-9)5-6-12(13)19-14-11(16)8-18-15(17)20-14/h5-9H,3-4H2,1-2H3,(H,18,19,20). The van der Waals surface area contributed by atoms with Crippen molar-refractivity contribution in [2.45, 2.75) is 18.8 Å². The number of hydrogen-bond acceptors (Lipinski definition) is 4. The average Bonchev–Trinajstić information content (AvgIpc) is 3.26. The summed E-state index contributed by atoms with van der Waals surface area (Å²) in [5.74, 6) is 1.02. The van der Waals surface area contributed by atoms with Gasteiger partial charge in [0.15, 0.2) is 5.82 Å². The van der Waals surface area contributed by atoms with Crippen molar-refractivity contribution >= 4 is 47.2 Å². The van der Waals surface area contributed by atoms with Gasteiger partial charge in [-0.05, 0) is 61.4 Å². The number of benzene rings is 1. The highest BCUT2D eigenvalue weighted by Gasteiger charge is 2.26. The first-order valence-electron chi connectivity index (χ1n) is 6.99. The minimum atomic E-state index is -2.44. The van der Waals surface area contributed by atoms with Crippen molar-refractivity contribution in [1.29, 1.82) is 0 Å². The largest absolute Gasteiger partial charge is 0.338 e. The van der Waals surface area contributed by atoms with Crippen LogP contribution in [0.2, 0.25) is 10.3 Å². The Labute approximate surface area is 139 Å². The average molecular weight is 356 g/mol. The molecule has 0 bridgehead atoms. The van der Waals surface area contributed by atoms with Crippen molar-refractivity contribution in [1.82, 2.24) is 9.97 Å². The van der Waals surface area contributed by atoms with E-state index in [1.54, 1.807) is 13.3 Å². The predicted molar refractivity (Wildman–Crippen MR) is 92.8 cm³/mol. The van der Waals surface area contributed by atoms with Crippen LogP contribution in [-0.2, 0) is 4.57 Å². The maximum Gasteiger partial charge on any atom is 0.224 e. The first-order chi connectivity index (χ1) is 10.3. The number of aromatic nitrogens is 2. The molecule has 4 nitrogen and oxygen atoms in total. The third-order valence-corrected chi connectivity index (χ3v) is 5.61. The molecule has 1 aromatic heterocycles. The summed E-state index contributed by atoms with van der Waals surface area (Å²) < 4.78 is 12.6.